The zero-order valence-electron chi connectivity index (χ0n) is 11.2. The number of hydrogen-bond acceptors (Lipinski definition) is 2. The molecule has 0 bridgehead atoms. The van der Waals surface area contributed by atoms with Crippen LogP contribution in [0.15, 0.2) is 36.4 Å². The molecule has 20 heavy (non-hydrogen) atoms. The van der Waals surface area contributed by atoms with Crippen LogP contribution in [0.25, 0.3) is 12.2 Å². The highest BCUT2D eigenvalue weighted by molar-refractivity contribution is 14.1. The summed E-state index contributed by atoms with van der Waals surface area (Å²) >= 11 is 4.59. The minimum atomic E-state index is 0.871. The zero-order valence-corrected chi connectivity index (χ0v) is 15.5. The molecule has 2 aromatic rings. The first-order valence-electron chi connectivity index (χ1n) is 5.99. The molecular formula is C16H14I2O2. The molecule has 0 aromatic heterocycles. The van der Waals surface area contributed by atoms with Crippen LogP contribution in [0.4, 0.5) is 0 Å². The number of rotatable bonds is 4. The van der Waals surface area contributed by atoms with Gasteiger partial charge in [-0.15, -0.1) is 0 Å². The SMILES string of the molecule is COc1ccc(/C=C\c2cc(I)c(OC)c(I)c2)cc1. The lowest BCUT2D eigenvalue weighted by molar-refractivity contribution is 0.409. The summed E-state index contributed by atoms with van der Waals surface area (Å²) in [5.41, 5.74) is 2.31. The summed E-state index contributed by atoms with van der Waals surface area (Å²) in [4.78, 5) is 0. The summed E-state index contributed by atoms with van der Waals surface area (Å²) in [6, 6.07) is 12.2. The molecule has 0 unspecified atom stereocenters. The fourth-order valence-corrected chi connectivity index (χ4v) is 4.03. The molecule has 0 aliphatic carbocycles. The molecule has 104 valence electrons. The van der Waals surface area contributed by atoms with Gasteiger partial charge in [-0.3, -0.25) is 0 Å². The Morgan fingerprint density at radius 2 is 1.35 bits per heavy atom. The van der Waals surface area contributed by atoms with Crippen LogP contribution in [0.2, 0.25) is 0 Å². The highest BCUT2D eigenvalue weighted by Gasteiger charge is 2.05. The molecule has 0 aliphatic rings. The van der Waals surface area contributed by atoms with E-state index in [1.54, 1.807) is 14.2 Å². The summed E-state index contributed by atoms with van der Waals surface area (Å²) in [6.45, 7) is 0. The Morgan fingerprint density at radius 3 is 1.85 bits per heavy atom. The Morgan fingerprint density at radius 1 is 0.800 bits per heavy atom. The van der Waals surface area contributed by atoms with Crippen molar-refractivity contribution < 1.29 is 9.47 Å². The van der Waals surface area contributed by atoms with Crippen LogP contribution in [0, 0.1) is 7.14 Å². The molecule has 2 rings (SSSR count). The highest BCUT2D eigenvalue weighted by Crippen LogP contribution is 2.29. The summed E-state index contributed by atoms with van der Waals surface area (Å²) in [5.74, 6) is 1.81. The molecule has 0 aliphatic heterocycles. The molecule has 0 heterocycles. The standard InChI is InChI=1S/C16H14I2O2/c1-19-13-7-5-11(6-8-13)3-4-12-9-14(17)16(20-2)15(18)10-12/h3-10H,1-2H3/b4-3-. The number of ether oxygens (including phenoxy) is 2. The predicted octanol–water partition coefficient (Wildman–Crippen LogP) is 5.08. The third kappa shape index (κ3) is 3.88. The van der Waals surface area contributed by atoms with Crippen LogP contribution in [0.1, 0.15) is 11.1 Å². The Labute approximate surface area is 146 Å². The maximum absolute atomic E-state index is 5.37. The molecule has 2 nitrogen and oxygen atoms in total. The topological polar surface area (TPSA) is 18.5 Å². The van der Waals surface area contributed by atoms with Crippen molar-refractivity contribution in [3.8, 4) is 11.5 Å². The minimum absolute atomic E-state index is 0.871. The van der Waals surface area contributed by atoms with Gasteiger partial charge < -0.3 is 9.47 Å². The van der Waals surface area contributed by atoms with Gasteiger partial charge in [0.2, 0.25) is 0 Å². The third-order valence-electron chi connectivity index (χ3n) is 2.81. The molecule has 0 fully saturated rings. The van der Waals surface area contributed by atoms with E-state index in [1.807, 2.05) is 24.3 Å². The predicted molar refractivity (Wildman–Crippen MR) is 100 cm³/mol. The van der Waals surface area contributed by atoms with Gasteiger partial charge in [-0.2, -0.15) is 0 Å². The molecule has 0 amide bonds. The van der Waals surface area contributed by atoms with E-state index in [0.29, 0.717) is 0 Å². The number of hydrogen-bond donors (Lipinski definition) is 0. The van der Waals surface area contributed by atoms with Crippen molar-refractivity contribution in [1.29, 1.82) is 0 Å². The van der Waals surface area contributed by atoms with Gasteiger partial charge in [-0.25, -0.2) is 0 Å². The van der Waals surface area contributed by atoms with E-state index < -0.39 is 0 Å². The summed E-state index contributed by atoms with van der Waals surface area (Å²) in [7, 11) is 3.37. The van der Waals surface area contributed by atoms with E-state index in [0.717, 1.165) is 29.8 Å². The normalized spacial score (nSPS) is 10.8. The van der Waals surface area contributed by atoms with Gasteiger partial charge in [0.1, 0.15) is 11.5 Å². The molecule has 0 N–H and O–H groups in total. The number of halogens is 2. The third-order valence-corrected chi connectivity index (χ3v) is 4.41. The first-order valence-corrected chi connectivity index (χ1v) is 8.15. The first-order chi connectivity index (χ1) is 9.63. The molecule has 4 heteroatoms. The van der Waals surface area contributed by atoms with Crippen LogP contribution in [0.5, 0.6) is 11.5 Å². The van der Waals surface area contributed by atoms with E-state index >= 15 is 0 Å². The lowest BCUT2D eigenvalue weighted by atomic mass is 10.1. The Bertz CT molecular complexity index is 596. The lowest BCUT2D eigenvalue weighted by Gasteiger charge is -2.07. The number of methoxy groups -OCH3 is 2. The second-order valence-corrected chi connectivity index (χ2v) is 6.45. The Kier molecular flexibility index (Phi) is 5.71. The molecule has 0 spiro atoms. The van der Waals surface area contributed by atoms with E-state index in [-0.39, 0.29) is 0 Å². The van der Waals surface area contributed by atoms with Crippen molar-refractivity contribution >= 4 is 57.3 Å². The highest BCUT2D eigenvalue weighted by atomic mass is 127. The van der Waals surface area contributed by atoms with Crippen LogP contribution in [-0.4, -0.2) is 14.2 Å². The van der Waals surface area contributed by atoms with Crippen molar-refractivity contribution in [3.63, 3.8) is 0 Å². The first kappa shape index (κ1) is 15.6. The van der Waals surface area contributed by atoms with Crippen molar-refractivity contribution in [2.24, 2.45) is 0 Å². The van der Waals surface area contributed by atoms with Gasteiger partial charge in [0, 0.05) is 0 Å². The molecule has 0 saturated carbocycles. The summed E-state index contributed by atoms with van der Waals surface area (Å²) < 4.78 is 12.7. The maximum atomic E-state index is 5.37. The zero-order chi connectivity index (χ0) is 14.5. The molecule has 2 aromatic carbocycles. The smallest absolute Gasteiger partial charge is 0.145 e. The monoisotopic (exact) mass is 492 g/mol. The molecular weight excluding hydrogens is 478 g/mol. The fourth-order valence-electron chi connectivity index (χ4n) is 1.78. The van der Waals surface area contributed by atoms with E-state index in [9.17, 15) is 0 Å². The van der Waals surface area contributed by atoms with Crippen molar-refractivity contribution in [1.82, 2.24) is 0 Å². The minimum Gasteiger partial charge on any atom is -0.497 e. The van der Waals surface area contributed by atoms with Crippen molar-refractivity contribution in [2.75, 3.05) is 14.2 Å². The largest absolute Gasteiger partial charge is 0.497 e. The van der Waals surface area contributed by atoms with Gasteiger partial charge in [-0.05, 0) is 80.6 Å². The molecule has 0 atom stereocenters. The number of benzene rings is 2. The van der Waals surface area contributed by atoms with Crippen LogP contribution < -0.4 is 9.47 Å². The van der Waals surface area contributed by atoms with Gasteiger partial charge >= 0.3 is 0 Å². The Hall–Kier alpha value is -0.760. The van der Waals surface area contributed by atoms with Gasteiger partial charge in [-0.1, -0.05) is 24.3 Å². The lowest BCUT2D eigenvalue weighted by Crippen LogP contribution is -1.91. The van der Waals surface area contributed by atoms with Crippen LogP contribution in [-0.2, 0) is 0 Å². The van der Waals surface area contributed by atoms with Crippen LogP contribution in [0.3, 0.4) is 0 Å². The maximum Gasteiger partial charge on any atom is 0.145 e. The van der Waals surface area contributed by atoms with Crippen molar-refractivity contribution in [2.45, 2.75) is 0 Å². The fraction of sp³-hybridized carbons (Fsp3) is 0.125. The van der Waals surface area contributed by atoms with Gasteiger partial charge in [0.15, 0.2) is 0 Å². The van der Waals surface area contributed by atoms with E-state index in [1.165, 1.54) is 0 Å². The van der Waals surface area contributed by atoms with E-state index in [4.69, 9.17) is 9.47 Å². The van der Waals surface area contributed by atoms with Gasteiger partial charge in [0.25, 0.3) is 0 Å². The molecule has 0 saturated heterocycles. The van der Waals surface area contributed by atoms with E-state index in [2.05, 4.69) is 69.5 Å². The van der Waals surface area contributed by atoms with Crippen molar-refractivity contribution in [3.05, 3.63) is 54.7 Å². The van der Waals surface area contributed by atoms with Crippen LogP contribution >= 0.6 is 45.2 Å². The average molecular weight is 492 g/mol. The summed E-state index contributed by atoms with van der Waals surface area (Å²) in [6.07, 6.45) is 4.19. The quantitative estimate of drug-likeness (QED) is 0.438. The second kappa shape index (κ2) is 7.31. The Balaban J connectivity index is 2.22. The second-order valence-electron chi connectivity index (χ2n) is 4.12. The average Bonchev–Trinajstić information content (AvgIpc) is 2.45. The summed E-state index contributed by atoms with van der Waals surface area (Å²) in [5, 5.41) is 0. The van der Waals surface area contributed by atoms with Gasteiger partial charge in [0.05, 0.1) is 21.4 Å². The molecule has 0 radical (unpaired) electrons.